The Kier molecular flexibility index (Phi) is 2.11. The Balaban J connectivity index is 2.74. The van der Waals surface area contributed by atoms with Crippen LogP contribution in [0.3, 0.4) is 0 Å². The zero-order valence-electron chi connectivity index (χ0n) is 9.09. The van der Waals surface area contributed by atoms with E-state index < -0.39 is 0 Å². The maximum absolute atomic E-state index is 4.56. The molecule has 14 heavy (non-hydrogen) atoms. The molecule has 0 aromatic carbocycles. The second kappa shape index (κ2) is 3.06. The third-order valence-corrected chi connectivity index (χ3v) is 3.33. The molecule has 0 saturated carbocycles. The normalized spacial score (nSPS) is 12.3. The molecule has 0 spiro atoms. The van der Waals surface area contributed by atoms with E-state index in [1.807, 2.05) is 6.20 Å². The summed E-state index contributed by atoms with van der Waals surface area (Å²) >= 11 is 1.76. The van der Waals surface area contributed by atoms with Gasteiger partial charge < -0.3 is 0 Å². The lowest BCUT2D eigenvalue weighted by atomic mass is 9.88. The predicted octanol–water partition coefficient (Wildman–Crippen LogP) is 3.90. The molecule has 0 N–H and O–H groups in total. The summed E-state index contributed by atoms with van der Waals surface area (Å²) in [5.41, 5.74) is 2.68. The van der Waals surface area contributed by atoms with Crippen molar-refractivity contribution in [1.29, 1.82) is 0 Å². The van der Waals surface area contributed by atoms with Gasteiger partial charge in [0.2, 0.25) is 0 Å². The monoisotopic (exact) mass is 205 g/mol. The van der Waals surface area contributed by atoms with E-state index in [9.17, 15) is 0 Å². The molecule has 0 aliphatic heterocycles. The van der Waals surface area contributed by atoms with Crippen LogP contribution in [0.1, 0.15) is 32.0 Å². The predicted molar refractivity (Wildman–Crippen MR) is 63.1 cm³/mol. The van der Waals surface area contributed by atoms with Gasteiger partial charge in [-0.1, -0.05) is 20.8 Å². The molecule has 0 unspecified atom stereocenters. The van der Waals surface area contributed by atoms with Crippen molar-refractivity contribution in [2.45, 2.75) is 33.1 Å². The van der Waals surface area contributed by atoms with Gasteiger partial charge in [0.25, 0.3) is 0 Å². The summed E-state index contributed by atoms with van der Waals surface area (Å²) in [7, 11) is 0. The second-order valence-corrected chi connectivity index (χ2v) is 5.63. The summed E-state index contributed by atoms with van der Waals surface area (Å²) in [4.78, 5) is 4.56. The van der Waals surface area contributed by atoms with Crippen LogP contribution in [0.25, 0.3) is 10.1 Å². The summed E-state index contributed by atoms with van der Waals surface area (Å²) in [6, 6.07) is 2.19. The first-order chi connectivity index (χ1) is 6.50. The molecule has 2 heteroatoms. The molecule has 0 fully saturated rings. The van der Waals surface area contributed by atoms with E-state index in [1.165, 1.54) is 21.3 Å². The van der Waals surface area contributed by atoms with Crippen LogP contribution in [-0.4, -0.2) is 4.98 Å². The van der Waals surface area contributed by atoms with Gasteiger partial charge in [-0.3, -0.25) is 4.98 Å². The zero-order valence-corrected chi connectivity index (χ0v) is 9.90. The van der Waals surface area contributed by atoms with Crippen molar-refractivity contribution in [2.24, 2.45) is 0 Å². The minimum Gasteiger partial charge on any atom is -0.259 e. The molecule has 2 aromatic rings. The molecule has 2 rings (SSSR count). The van der Waals surface area contributed by atoms with E-state index >= 15 is 0 Å². The van der Waals surface area contributed by atoms with Gasteiger partial charge in [-0.2, -0.15) is 0 Å². The first-order valence-electron chi connectivity index (χ1n) is 4.83. The first-order valence-corrected chi connectivity index (χ1v) is 5.71. The van der Waals surface area contributed by atoms with Crippen LogP contribution in [0, 0.1) is 6.92 Å². The molecule has 2 heterocycles. The summed E-state index contributed by atoms with van der Waals surface area (Å²) < 4.78 is 1.29. The van der Waals surface area contributed by atoms with Gasteiger partial charge in [0.05, 0.1) is 4.70 Å². The van der Waals surface area contributed by atoms with Gasteiger partial charge in [0, 0.05) is 17.3 Å². The fourth-order valence-corrected chi connectivity index (χ4v) is 2.65. The van der Waals surface area contributed by atoms with Crippen LogP contribution in [0.15, 0.2) is 17.6 Å². The minimum absolute atomic E-state index is 0.139. The maximum atomic E-state index is 4.56. The average Bonchev–Trinajstić information content (AvgIpc) is 2.50. The Bertz CT molecular complexity index is 463. The van der Waals surface area contributed by atoms with Gasteiger partial charge in [0.15, 0.2) is 0 Å². The molecule has 0 aliphatic carbocycles. The second-order valence-electron chi connectivity index (χ2n) is 4.68. The van der Waals surface area contributed by atoms with Crippen LogP contribution in [-0.2, 0) is 5.41 Å². The summed E-state index contributed by atoms with van der Waals surface area (Å²) in [6.07, 6.45) is 1.99. The summed E-state index contributed by atoms with van der Waals surface area (Å²) in [6.45, 7) is 8.80. The molecule has 0 bridgehead atoms. The highest BCUT2D eigenvalue weighted by atomic mass is 32.1. The van der Waals surface area contributed by atoms with Gasteiger partial charge in [-0.25, -0.2) is 0 Å². The van der Waals surface area contributed by atoms with Gasteiger partial charge in [-0.15, -0.1) is 11.3 Å². The highest BCUT2D eigenvalue weighted by Crippen LogP contribution is 2.30. The first kappa shape index (κ1) is 9.66. The topological polar surface area (TPSA) is 12.9 Å². The van der Waals surface area contributed by atoms with Crippen LogP contribution in [0.5, 0.6) is 0 Å². The Hall–Kier alpha value is -0.890. The Morgan fingerprint density at radius 2 is 2.00 bits per heavy atom. The zero-order chi connectivity index (χ0) is 10.3. The Morgan fingerprint density at radius 3 is 2.64 bits per heavy atom. The number of rotatable bonds is 0. The third kappa shape index (κ3) is 1.44. The van der Waals surface area contributed by atoms with Crippen LogP contribution < -0.4 is 0 Å². The van der Waals surface area contributed by atoms with Crippen molar-refractivity contribution >= 4 is 21.4 Å². The number of fused-ring (bicyclic) bond motifs is 1. The number of aromatic nitrogens is 1. The summed E-state index contributed by atoms with van der Waals surface area (Å²) in [5.74, 6) is 0. The smallest absolute Gasteiger partial charge is 0.0528 e. The molecule has 1 nitrogen and oxygen atoms in total. The number of hydrogen-bond acceptors (Lipinski definition) is 2. The number of nitrogens with zero attached hydrogens (tertiary/aromatic N) is 1. The van der Waals surface area contributed by atoms with Crippen LogP contribution in [0.4, 0.5) is 0 Å². The summed E-state index contributed by atoms with van der Waals surface area (Å²) in [5, 5.41) is 3.49. The lowest BCUT2D eigenvalue weighted by molar-refractivity contribution is 0.566. The van der Waals surface area contributed by atoms with E-state index in [2.05, 4.69) is 44.1 Å². The maximum Gasteiger partial charge on any atom is 0.0528 e. The van der Waals surface area contributed by atoms with Crippen molar-refractivity contribution in [3.8, 4) is 0 Å². The Labute approximate surface area is 88.8 Å². The van der Waals surface area contributed by atoms with E-state index in [-0.39, 0.29) is 5.41 Å². The van der Waals surface area contributed by atoms with E-state index in [4.69, 9.17) is 0 Å². The minimum atomic E-state index is 0.139. The number of pyridine rings is 1. The third-order valence-electron chi connectivity index (χ3n) is 2.48. The number of aryl methyl sites for hydroxylation is 1. The van der Waals surface area contributed by atoms with Crippen molar-refractivity contribution in [2.75, 3.05) is 0 Å². The van der Waals surface area contributed by atoms with Gasteiger partial charge in [0.1, 0.15) is 0 Å². The largest absolute Gasteiger partial charge is 0.259 e. The number of thiophene rings is 1. The standard InChI is InChI=1S/C12H15NS/c1-8-9-5-6-14-10(9)7-13-11(8)12(2,3)4/h5-7H,1-4H3. The molecule has 2 aromatic heterocycles. The molecule has 0 atom stereocenters. The number of hydrogen-bond donors (Lipinski definition) is 0. The fourth-order valence-electron chi connectivity index (χ4n) is 1.83. The molecule has 0 aliphatic rings. The van der Waals surface area contributed by atoms with Gasteiger partial charge in [-0.05, 0) is 29.3 Å². The van der Waals surface area contributed by atoms with Crippen LogP contribution >= 0.6 is 11.3 Å². The molecular weight excluding hydrogens is 190 g/mol. The lowest BCUT2D eigenvalue weighted by Gasteiger charge is -2.20. The van der Waals surface area contributed by atoms with E-state index in [0.29, 0.717) is 0 Å². The van der Waals surface area contributed by atoms with Gasteiger partial charge >= 0.3 is 0 Å². The average molecular weight is 205 g/mol. The van der Waals surface area contributed by atoms with Crippen molar-refractivity contribution in [3.05, 3.63) is 28.9 Å². The van der Waals surface area contributed by atoms with Crippen molar-refractivity contribution in [3.63, 3.8) is 0 Å². The van der Waals surface area contributed by atoms with Crippen LogP contribution in [0.2, 0.25) is 0 Å². The molecular formula is C12H15NS. The van der Waals surface area contributed by atoms with Crippen molar-refractivity contribution in [1.82, 2.24) is 4.98 Å². The highest BCUT2D eigenvalue weighted by Gasteiger charge is 2.19. The molecule has 0 saturated heterocycles. The molecule has 74 valence electrons. The van der Waals surface area contributed by atoms with E-state index in [1.54, 1.807) is 11.3 Å². The van der Waals surface area contributed by atoms with Crippen molar-refractivity contribution < 1.29 is 0 Å². The quantitative estimate of drug-likeness (QED) is 0.635. The lowest BCUT2D eigenvalue weighted by Crippen LogP contribution is -2.15. The SMILES string of the molecule is Cc1c(C(C)(C)C)ncc2sccc12. The molecule has 0 amide bonds. The highest BCUT2D eigenvalue weighted by molar-refractivity contribution is 7.17. The molecule has 0 radical (unpaired) electrons. The van der Waals surface area contributed by atoms with E-state index in [0.717, 1.165) is 0 Å². The Morgan fingerprint density at radius 1 is 1.29 bits per heavy atom. The fraction of sp³-hybridized carbons (Fsp3) is 0.417.